The highest BCUT2D eigenvalue weighted by Crippen LogP contribution is 2.43. The molecule has 0 fully saturated rings. The number of fused-ring (bicyclic) bond motifs is 2. The van der Waals surface area contributed by atoms with Crippen molar-refractivity contribution < 1.29 is 4.90 Å². The van der Waals surface area contributed by atoms with E-state index in [1.54, 1.807) is 0 Å². The number of hydrogen-bond acceptors (Lipinski definition) is 0. The van der Waals surface area contributed by atoms with E-state index in [1.165, 1.54) is 72.3 Å². The topological polar surface area (TPSA) is 20.2 Å². The Hall–Kier alpha value is -3.88. The number of H-pyrrole nitrogens is 1. The minimum atomic E-state index is 0.902. The van der Waals surface area contributed by atoms with Crippen LogP contribution in [-0.2, 0) is 0 Å². The van der Waals surface area contributed by atoms with Gasteiger partial charge in [0.2, 0.25) is 0 Å². The number of quaternary nitrogens is 1. The van der Waals surface area contributed by atoms with Gasteiger partial charge in [-0.05, 0) is 69.4 Å². The van der Waals surface area contributed by atoms with Crippen LogP contribution in [0, 0.1) is 13.8 Å². The number of aromatic amines is 1. The van der Waals surface area contributed by atoms with Crippen molar-refractivity contribution in [2.24, 2.45) is 0 Å². The molecule has 2 heterocycles. The van der Waals surface area contributed by atoms with Crippen LogP contribution in [-0.4, -0.2) is 4.98 Å². The van der Waals surface area contributed by atoms with Gasteiger partial charge in [-0.25, -0.2) is 4.90 Å². The molecule has 0 bridgehead atoms. The molecule has 1 atom stereocenters. The molecule has 192 valence electrons. The van der Waals surface area contributed by atoms with Crippen molar-refractivity contribution in [2.75, 3.05) is 0 Å². The number of aromatic nitrogens is 1. The normalized spacial score (nSPS) is 19.5. The van der Waals surface area contributed by atoms with Gasteiger partial charge in [0.05, 0.1) is 11.3 Å². The zero-order chi connectivity index (χ0) is 26.8. The summed E-state index contributed by atoms with van der Waals surface area (Å²) in [6.45, 7) is 15.5. The predicted octanol–water partition coefficient (Wildman–Crippen LogP) is 8.79. The molecule has 1 aliphatic carbocycles. The van der Waals surface area contributed by atoms with Gasteiger partial charge in [0.15, 0.2) is 5.70 Å². The zero-order valence-electron chi connectivity index (χ0n) is 23.4. The van der Waals surface area contributed by atoms with Crippen LogP contribution in [0.25, 0.3) is 22.4 Å². The van der Waals surface area contributed by atoms with Crippen LogP contribution in [0.1, 0.15) is 62.4 Å². The maximum Gasteiger partial charge on any atom is 0.157 e. The molecule has 2 heteroatoms. The van der Waals surface area contributed by atoms with E-state index in [0.29, 0.717) is 0 Å². The van der Waals surface area contributed by atoms with Crippen LogP contribution in [0.5, 0.6) is 0 Å². The molecule has 0 amide bonds. The summed E-state index contributed by atoms with van der Waals surface area (Å²) in [4.78, 5) is 5.29. The summed E-state index contributed by atoms with van der Waals surface area (Å²) in [6, 6.07) is 19.6. The molecule has 1 aliphatic heterocycles. The number of benzene rings is 2. The lowest BCUT2D eigenvalue weighted by atomic mass is 9.91. The summed E-state index contributed by atoms with van der Waals surface area (Å²) < 4.78 is 0. The summed E-state index contributed by atoms with van der Waals surface area (Å²) in [5, 5.41) is 0. The van der Waals surface area contributed by atoms with E-state index >= 15 is 0 Å². The molecular formula is C36H39N2+. The van der Waals surface area contributed by atoms with E-state index in [4.69, 9.17) is 0 Å². The van der Waals surface area contributed by atoms with Crippen molar-refractivity contribution in [3.8, 4) is 11.3 Å². The molecule has 1 aromatic heterocycles. The molecule has 2 aliphatic rings. The first-order chi connectivity index (χ1) is 18.5. The molecule has 2 aromatic carbocycles. The van der Waals surface area contributed by atoms with Gasteiger partial charge in [0.1, 0.15) is 11.4 Å². The SMILES string of the molecule is C=C(CC)C(/C=C\C)=C1\C(=C/C)c2[nH]c(-c3ccccc3C)c(C)c2C2=C(CCC=C2)[NH+]1c1ccccc1. The third-order valence-corrected chi connectivity index (χ3v) is 7.96. The molecule has 3 aromatic rings. The van der Waals surface area contributed by atoms with Gasteiger partial charge in [-0.1, -0.05) is 86.3 Å². The van der Waals surface area contributed by atoms with Crippen LogP contribution in [0.15, 0.2) is 114 Å². The second-order valence-corrected chi connectivity index (χ2v) is 10.2. The Balaban J connectivity index is 1.95. The first kappa shape index (κ1) is 25.8. The number of para-hydroxylation sites is 1. The molecule has 38 heavy (non-hydrogen) atoms. The largest absolute Gasteiger partial charge is 0.354 e. The van der Waals surface area contributed by atoms with Crippen LogP contribution in [0.2, 0.25) is 0 Å². The first-order valence-corrected chi connectivity index (χ1v) is 13.9. The fourth-order valence-electron chi connectivity index (χ4n) is 6.05. The Morgan fingerprint density at radius 1 is 1.00 bits per heavy atom. The van der Waals surface area contributed by atoms with Crippen LogP contribution >= 0.6 is 0 Å². The van der Waals surface area contributed by atoms with Crippen molar-refractivity contribution in [2.45, 2.75) is 53.9 Å². The van der Waals surface area contributed by atoms with Crippen LogP contribution < -0.4 is 4.90 Å². The van der Waals surface area contributed by atoms with Crippen molar-refractivity contribution in [3.05, 3.63) is 136 Å². The summed E-state index contributed by atoms with van der Waals surface area (Å²) >= 11 is 0. The summed E-state index contributed by atoms with van der Waals surface area (Å²) in [5.74, 6) is 0. The first-order valence-electron chi connectivity index (χ1n) is 13.9. The highest BCUT2D eigenvalue weighted by Gasteiger charge is 2.39. The van der Waals surface area contributed by atoms with Gasteiger partial charge in [-0.15, -0.1) is 0 Å². The Labute approximate surface area is 228 Å². The maximum absolute atomic E-state index is 4.55. The minimum absolute atomic E-state index is 0.902. The highest BCUT2D eigenvalue weighted by atomic mass is 15.2. The van der Waals surface area contributed by atoms with Crippen molar-refractivity contribution in [3.63, 3.8) is 0 Å². The van der Waals surface area contributed by atoms with E-state index in [9.17, 15) is 0 Å². The lowest BCUT2D eigenvalue weighted by molar-refractivity contribution is -0.742. The fraction of sp³-hybridized carbons (Fsp3) is 0.222. The number of nitrogens with one attached hydrogen (secondary N) is 2. The maximum atomic E-state index is 4.55. The van der Waals surface area contributed by atoms with Crippen molar-refractivity contribution in [1.82, 2.24) is 4.98 Å². The Kier molecular flexibility index (Phi) is 7.35. The van der Waals surface area contributed by atoms with E-state index in [2.05, 4.69) is 131 Å². The van der Waals surface area contributed by atoms with Crippen LogP contribution in [0.3, 0.4) is 0 Å². The van der Waals surface area contributed by atoms with Gasteiger partial charge in [-0.3, -0.25) is 0 Å². The Bertz CT molecular complexity index is 1530. The summed E-state index contributed by atoms with van der Waals surface area (Å²) in [6.07, 6.45) is 14.4. The number of allylic oxidation sites excluding steroid dienone is 10. The van der Waals surface area contributed by atoms with Crippen LogP contribution in [0.4, 0.5) is 5.69 Å². The van der Waals surface area contributed by atoms with E-state index < -0.39 is 0 Å². The molecule has 1 unspecified atom stereocenters. The van der Waals surface area contributed by atoms with Gasteiger partial charge < -0.3 is 4.98 Å². The third kappa shape index (κ3) is 4.29. The average Bonchev–Trinajstić information content (AvgIpc) is 3.22. The standard InChI is InChI=1S/C36H38N2/c1-7-17-30(24(4)8-2)36-28(9-3)35-33(26(6)34(37-35)29-21-14-13-18-25(29)5)31-22-15-16-23-32(31)38(36)27-19-11-10-12-20-27/h7,9-15,17-22,37H,4,8,16,23H2,1-3,5-6H3/p+1/b17-7-,28-9-,36-30+. The van der Waals surface area contributed by atoms with Gasteiger partial charge in [-0.2, -0.15) is 0 Å². The second kappa shape index (κ2) is 10.8. The summed E-state index contributed by atoms with van der Waals surface area (Å²) in [5.41, 5.74) is 16.5. The quantitative estimate of drug-likeness (QED) is 0.350. The molecule has 2 N–H and O–H groups in total. The molecule has 0 radical (unpaired) electrons. The average molecular weight is 500 g/mol. The number of rotatable bonds is 5. The lowest BCUT2D eigenvalue weighted by Crippen LogP contribution is -3.03. The Morgan fingerprint density at radius 2 is 1.74 bits per heavy atom. The molecular weight excluding hydrogens is 460 g/mol. The molecule has 2 nitrogen and oxygen atoms in total. The van der Waals surface area contributed by atoms with Crippen molar-refractivity contribution >= 4 is 16.8 Å². The fourth-order valence-corrected chi connectivity index (χ4v) is 6.05. The van der Waals surface area contributed by atoms with E-state index in [0.717, 1.165) is 24.8 Å². The monoisotopic (exact) mass is 499 g/mol. The number of aryl methyl sites for hydroxylation is 1. The Morgan fingerprint density at radius 3 is 2.42 bits per heavy atom. The molecule has 0 spiro atoms. The molecule has 0 saturated carbocycles. The molecule has 0 saturated heterocycles. The van der Waals surface area contributed by atoms with Gasteiger partial charge in [0, 0.05) is 34.4 Å². The smallest absolute Gasteiger partial charge is 0.157 e. The summed E-state index contributed by atoms with van der Waals surface area (Å²) in [7, 11) is 0. The highest BCUT2D eigenvalue weighted by molar-refractivity contribution is 5.94. The zero-order valence-corrected chi connectivity index (χ0v) is 23.4. The van der Waals surface area contributed by atoms with Gasteiger partial charge in [0.25, 0.3) is 0 Å². The third-order valence-electron chi connectivity index (χ3n) is 7.96. The molecule has 5 rings (SSSR count). The van der Waals surface area contributed by atoms with Gasteiger partial charge >= 0.3 is 0 Å². The number of hydrogen-bond donors (Lipinski definition) is 2. The lowest BCUT2D eigenvalue weighted by Gasteiger charge is -2.27. The van der Waals surface area contributed by atoms with E-state index in [1.807, 2.05) is 0 Å². The van der Waals surface area contributed by atoms with Crippen molar-refractivity contribution in [1.29, 1.82) is 0 Å². The van der Waals surface area contributed by atoms with E-state index in [-0.39, 0.29) is 0 Å². The minimum Gasteiger partial charge on any atom is -0.354 e. The predicted molar refractivity (Wildman–Crippen MR) is 163 cm³/mol. The second-order valence-electron chi connectivity index (χ2n) is 10.2.